The number of carbonyl (C=O) groups excluding carboxylic acids is 2. The molecule has 8 heteroatoms. The maximum Gasteiger partial charge on any atom is 0.269 e. The summed E-state index contributed by atoms with van der Waals surface area (Å²) in [5, 5.41) is 16.6. The largest absolute Gasteiger partial charge is 0.383 e. The van der Waals surface area contributed by atoms with E-state index in [0.29, 0.717) is 26.2 Å². The van der Waals surface area contributed by atoms with Crippen molar-refractivity contribution >= 4 is 23.2 Å². The summed E-state index contributed by atoms with van der Waals surface area (Å²) in [4.78, 5) is 36.5. The fourth-order valence-electron chi connectivity index (χ4n) is 3.25. The summed E-state index contributed by atoms with van der Waals surface area (Å²) in [6, 6.07) is 14.1. The molecule has 29 heavy (non-hydrogen) atoms. The van der Waals surface area contributed by atoms with Gasteiger partial charge in [-0.3, -0.25) is 19.7 Å². The van der Waals surface area contributed by atoms with Crippen LogP contribution in [-0.4, -0.2) is 41.3 Å². The van der Waals surface area contributed by atoms with Gasteiger partial charge in [0.1, 0.15) is 0 Å². The molecule has 0 spiro atoms. The number of likely N-dealkylation sites (tertiary alicyclic amines) is 1. The van der Waals surface area contributed by atoms with Crippen LogP contribution in [0.2, 0.25) is 0 Å². The van der Waals surface area contributed by atoms with E-state index in [9.17, 15) is 19.7 Å². The lowest BCUT2D eigenvalue weighted by Crippen LogP contribution is -2.35. The minimum atomic E-state index is -0.449. The van der Waals surface area contributed by atoms with Crippen LogP contribution >= 0.6 is 0 Å². The third-order valence-electron chi connectivity index (χ3n) is 4.91. The molecule has 0 aliphatic carbocycles. The highest BCUT2D eigenvalue weighted by Crippen LogP contribution is 2.20. The average Bonchev–Trinajstić information content (AvgIpc) is 3.07. The Hall–Kier alpha value is -3.42. The van der Waals surface area contributed by atoms with Gasteiger partial charge >= 0.3 is 0 Å². The number of benzene rings is 2. The maximum absolute atomic E-state index is 12.4. The third-order valence-corrected chi connectivity index (χ3v) is 4.91. The van der Waals surface area contributed by atoms with Crippen LogP contribution in [0, 0.1) is 23.0 Å². The Kier molecular flexibility index (Phi) is 6.43. The summed E-state index contributed by atoms with van der Waals surface area (Å²) < 4.78 is 0. The van der Waals surface area contributed by atoms with Gasteiger partial charge in [-0.05, 0) is 24.6 Å². The number of hydrogen-bond donors (Lipinski definition) is 2. The number of carbonyl (C=O) groups is 2. The van der Waals surface area contributed by atoms with Crippen LogP contribution in [0.4, 0.5) is 11.4 Å². The Morgan fingerprint density at radius 2 is 1.83 bits per heavy atom. The number of nitrogens with zero attached hydrogens (tertiary/aromatic N) is 2. The first-order valence-corrected chi connectivity index (χ1v) is 9.52. The topological polar surface area (TPSA) is 105 Å². The molecule has 0 radical (unpaired) electrons. The molecular formula is C21H24N4O4. The molecular weight excluding hydrogens is 372 g/mol. The van der Waals surface area contributed by atoms with E-state index >= 15 is 0 Å². The Labute approximate surface area is 169 Å². The lowest BCUT2D eigenvalue weighted by molar-refractivity contribution is -0.384. The van der Waals surface area contributed by atoms with E-state index < -0.39 is 4.92 Å². The van der Waals surface area contributed by atoms with Gasteiger partial charge in [-0.25, -0.2) is 0 Å². The smallest absolute Gasteiger partial charge is 0.269 e. The second-order valence-corrected chi connectivity index (χ2v) is 7.18. The van der Waals surface area contributed by atoms with Gasteiger partial charge < -0.3 is 15.5 Å². The standard InChI is InChI=1S/C21H24N4O4/c1-15-2-4-16(5-3-15)13-24-14-17(12-20(24)26)21(27)23-11-10-22-18-6-8-19(9-7-18)25(28)29/h2-9,17,22H,10-14H2,1H3,(H,23,27). The monoisotopic (exact) mass is 396 g/mol. The van der Waals surface area contributed by atoms with E-state index in [4.69, 9.17) is 0 Å². The molecule has 3 rings (SSSR count). The summed E-state index contributed by atoms with van der Waals surface area (Å²) in [5.41, 5.74) is 2.99. The van der Waals surface area contributed by atoms with Gasteiger partial charge in [0.2, 0.25) is 11.8 Å². The Bertz CT molecular complexity index is 881. The number of anilines is 1. The summed E-state index contributed by atoms with van der Waals surface area (Å²) in [7, 11) is 0. The van der Waals surface area contributed by atoms with Gasteiger partial charge in [0, 0.05) is 50.4 Å². The zero-order chi connectivity index (χ0) is 20.8. The molecule has 0 saturated carbocycles. The van der Waals surface area contributed by atoms with Crippen LogP contribution in [0.5, 0.6) is 0 Å². The highest BCUT2D eigenvalue weighted by Gasteiger charge is 2.33. The molecule has 0 bridgehead atoms. The molecule has 1 unspecified atom stereocenters. The van der Waals surface area contributed by atoms with E-state index in [-0.39, 0.29) is 29.8 Å². The van der Waals surface area contributed by atoms with Gasteiger partial charge in [0.05, 0.1) is 10.8 Å². The molecule has 1 atom stereocenters. The van der Waals surface area contributed by atoms with E-state index in [0.717, 1.165) is 11.3 Å². The quantitative estimate of drug-likeness (QED) is 0.405. The molecule has 0 aromatic heterocycles. The van der Waals surface area contributed by atoms with E-state index in [1.807, 2.05) is 31.2 Å². The minimum Gasteiger partial charge on any atom is -0.383 e. The molecule has 1 aliphatic rings. The van der Waals surface area contributed by atoms with Crippen LogP contribution in [0.1, 0.15) is 17.5 Å². The second-order valence-electron chi connectivity index (χ2n) is 7.18. The van der Waals surface area contributed by atoms with Crippen LogP contribution in [0.15, 0.2) is 48.5 Å². The molecule has 1 saturated heterocycles. The van der Waals surface area contributed by atoms with Crippen molar-refractivity contribution in [3.05, 3.63) is 69.8 Å². The van der Waals surface area contributed by atoms with Gasteiger partial charge in [-0.1, -0.05) is 29.8 Å². The van der Waals surface area contributed by atoms with Crippen LogP contribution < -0.4 is 10.6 Å². The fraction of sp³-hybridized carbons (Fsp3) is 0.333. The molecule has 152 valence electrons. The van der Waals surface area contributed by atoms with Gasteiger partial charge in [-0.15, -0.1) is 0 Å². The van der Waals surface area contributed by atoms with Crippen molar-refractivity contribution in [3.8, 4) is 0 Å². The SMILES string of the molecule is Cc1ccc(CN2CC(C(=O)NCCNc3ccc([N+](=O)[O-])cc3)CC2=O)cc1. The number of hydrogen-bond acceptors (Lipinski definition) is 5. The number of nitrogens with one attached hydrogen (secondary N) is 2. The lowest BCUT2D eigenvalue weighted by atomic mass is 10.1. The molecule has 1 aliphatic heterocycles. The summed E-state index contributed by atoms with van der Waals surface area (Å²) >= 11 is 0. The zero-order valence-electron chi connectivity index (χ0n) is 16.3. The number of aryl methyl sites for hydroxylation is 1. The average molecular weight is 396 g/mol. The number of nitro benzene ring substituents is 1. The first kappa shape index (κ1) is 20.3. The minimum absolute atomic E-state index is 0.00488. The zero-order valence-corrected chi connectivity index (χ0v) is 16.3. The van der Waals surface area contributed by atoms with E-state index in [2.05, 4.69) is 10.6 Å². The van der Waals surface area contributed by atoms with Gasteiger partial charge in [0.15, 0.2) is 0 Å². The molecule has 8 nitrogen and oxygen atoms in total. The Balaban J connectivity index is 1.41. The first-order valence-electron chi connectivity index (χ1n) is 9.52. The first-order chi connectivity index (χ1) is 13.9. The van der Waals surface area contributed by atoms with Gasteiger partial charge in [0.25, 0.3) is 5.69 Å². The van der Waals surface area contributed by atoms with Crippen LogP contribution in [0.25, 0.3) is 0 Å². The van der Waals surface area contributed by atoms with Crippen molar-refractivity contribution in [2.24, 2.45) is 5.92 Å². The highest BCUT2D eigenvalue weighted by molar-refractivity contribution is 5.89. The molecule has 2 aromatic carbocycles. The van der Waals surface area contributed by atoms with Crippen molar-refractivity contribution in [3.63, 3.8) is 0 Å². The summed E-state index contributed by atoms with van der Waals surface area (Å²) in [5.74, 6) is -0.475. The Morgan fingerprint density at radius 3 is 2.48 bits per heavy atom. The lowest BCUT2D eigenvalue weighted by Gasteiger charge is -2.17. The maximum atomic E-state index is 12.4. The summed E-state index contributed by atoms with van der Waals surface area (Å²) in [6.45, 7) is 3.84. The number of amides is 2. The van der Waals surface area contributed by atoms with E-state index in [1.54, 1.807) is 17.0 Å². The molecule has 1 heterocycles. The molecule has 1 fully saturated rings. The second kappa shape index (κ2) is 9.18. The Morgan fingerprint density at radius 1 is 1.14 bits per heavy atom. The number of non-ortho nitro benzene ring substituents is 1. The van der Waals surface area contributed by atoms with Crippen molar-refractivity contribution in [2.45, 2.75) is 19.9 Å². The van der Waals surface area contributed by atoms with Crippen molar-refractivity contribution in [1.29, 1.82) is 0 Å². The van der Waals surface area contributed by atoms with Crippen LogP contribution in [0.3, 0.4) is 0 Å². The number of rotatable bonds is 8. The predicted octanol–water partition coefficient (Wildman–Crippen LogP) is 2.48. The molecule has 2 aromatic rings. The molecule has 2 N–H and O–H groups in total. The van der Waals surface area contributed by atoms with Crippen molar-refractivity contribution in [2.75, 3.05) is 25.0 Å². The van der Waals surface area contributed by atoms with Crippen LogP contribution in [-0.2, 0) is 16.1 Å². The fourth-order valence-corrected chi connectivity index (χ4v) is 3.25. The van der Waals surface area contributed by atoms with Crippen molar-refractivity contribution in [1.82, 2.24) is 10.2 Å². The third kappa shape index (κ3) is 5.54. The normalized spacial score (nSPS) is 16.0. The number of nitro groups is 1. The molecule has 2 amide bonds. The highest BCUT2D eigenvalue weighted by atomic mass is 16.6. The summed E-state index contributed by atoms with van der Waals surface area (Å²) in [6.07, 6.45) is 0.230. The van der Waals surface area contributed by atoms with E-state index in [1.165, 1.54) is 17.7 Å². The van der Waals surface area contributed by atoms with Gasteiger partial charge in [-0.2, -0.15) is 0 Å². The van der Waals surface area contributed by atoms with Crippen molar-refractivity contribution < 1.29 is 14.5 Å². The predicted molar refractivity (Wildman–Crippen MR) is 109 cm³/mol.